The van der Waals surface area contributed by atoms with Crippen LogP contribution in [-0.4, -0.2) is 68.2 Å². The van der Waals surface area contributed by atoms with Gasteiger partial charge in [-0.05, 0) is 17.5 Å². The van der Waals surface area contributed by atoms with Crippen molar-refractivity contribution >= 4 is 27.3 Å². The van der Waals surface area contributed by atoms with Crippen LogP contribution in [0.15, 0.2) is 46.0 Å². The van der Waals surface area contributed by atoms with E-state index in [4.69, 9.17) is 0 Å². The van der Waals surface area contributed by atoms with Gasteiger partial charge in [0.25, 0.3) is 10.0 Å². The number of rotatable bonds is 6. The summed E-state index contributed by atoms with van der Waals surface area (Å²) in [6, 6.07) is 9.87. The number of piperazine rings is 1. The second kappa shape index (κ2) is 8.47. The maximum absolute atomic E-state index is 13.8. The number of likely N-dealkylation sites (N-methyl/N-ethyl adjacent to an activating group) is 1. The Kier molecular flexibility index (Phi) is 6.25. The van der Waals surface area contributed by atoms with Crippen LogP contribution in [0.3, 0.4) is 0 Å². The topological polar surface area (TPSA) is 60.9 Å². The van der Waals surface area contributed by atoms with Crippen molar-refractivity contribution in [2.45, 2.75) is 10.8 Å². The first kappa shape index (κ1) is 19.9. The molecule has 0 aliphatic carbocycles. The molecule has 0 spiro atoms. The van der Waals surface area contributed by atoms with Gasteiger partial charge in [0.2, 0.25) is 5.91 Å². The molecule has 1 saturated heterocycles. The Morgan fingerprint density at radius 3 is 2.48 bits per heavy atom. The lowest BCUT2D eigenvalue weighted by Crippen LogP contribution is -2.51. The Morgan fingerprint density at radius 2 is 1.85 bits per heavy atom. The first-order valence-corrected chi connectivity index (χ1v) is 10.9. The summed E-state index contributed by atoms with van der Waals surface area (Å²) in [4.78, 5) is 16.2. The predicted octanol–water partition coefficient (Wildman–Crippen LogP) is 1.85. The molecule has 1 aromatic heterocycles. The number of thiophene rings is 1. The molecule has 27 heavy (non-hydrogen) atoms. The van der Waals surface area contributed by atoms with Gasteiger partial charge < -0.3 is 4.90 Å². The Morgan fingerprint density at radius 1 is 1.15 bits per heavy atom. The smallest absolute Gasteiger partial charge is 0.252 e. The second-order valence-corrected chi connectivity index (χ2v) is 9.66. The Labute approximate surface area is 162 Å². The summed E-state index contributed by atoms with van der Waals surface area (Å²) >= 11 is 1.13. The molecule has 3 rings (SSSR count). The maximum atomic E-state index is 13.8. The molecule has 0 N–H and O–H groups in total. The largest absolute Gasteiger partial charge is 0.339 e. The summed E-state index contributed by atoms with van der Waals surface area (Å²) in [5, 5.41) is 1.69. The summed E-state index contributed by atoms with van der Waals surface area (Å²) < 4.78 is 39.9. The minimum absolute atomic E-state index is 0.187. The van der Waals surface area contributed by atoms with E-state index >= 15 is 0 Å². The lowest BCUT2D eigenvalue weighted by atomic mass is 10.2. The van der Waals surface area contributed by atoms with E-state index in [-0.39, 0.29) is 22.5 Å². The molecular weight excluding hydrogens is 389 g/mol. The molecule has 1 aliphatic heterocycles. The molecule has 2 aromatic rings. The average molecular weight is 412 g/mol. The van der Waals surface area contributed by atoms with E-state index in [1.165, 1.54) is 19.2 Å². The van der Waals surface area contributed by atoms with Crippen LogP contribution in [0.5, 0.6) is 0 Å². The Bertz CT molecular complexity index is 879. The third-order valence-electron chi connectivity index (χ3n) is 4.59. The monoisotopic (exact) mass is 411 g/mol. The minimum Gasteiger partial charge on any atom is -0.339 e. The van der Waals surface area contributed by atoms with E-state index in [0.717, 1.165) is 15.6 Å². The van der Waals surface area contributed by atoms with E-state index in [9.17, 15) is 17.6 Å². The molecule has 0 unspecified atom stereocenters. The van der Waals surface area contributed by atoms with E-state index < -0.39 is 10.0 Å². The Balaban J connectivity index is 1.52. The summed E-state index contributed by atoms with van der Waals surface area (Å²) in [6.45, 7) is 2.57. The number of halogens is 1. The fourth-order valence-corrected chi connectivity index (χ4v) is 5.28. The van der Waals surface area contributed by atoms with Crippen molar-refractivity contribution in [3.05, 3.63) is 53.2 Å². The SMILES string of the molecule is CN(CC(=O)N1CCN(Cc2ccccc2F)CC1)S(=O)(=O)c1cccs1. The number of carbonyl (C=O) groups excluding carboxylic acids is 1. The van der Waals surface area contributed by atoms with Crippen molar-refractivity contribution in [3.8, 4) is 0 Å². The summed E-state index contributed by atoms with van der Waals surface area (Å²) in [6.07, 6.45) is 0. The van der Waals surface area contributed by atoms with Gasteiger partial charge in [-0.3, -0.25) is 9.69 Å². The van der Waals surface area contributed by atoms with Gasteiger partial charge in [-0.25, -0.2) is 12.8 Å². The molecule has 146 valence electrons. The first-order chi connectivity index (χ1) is 12.9. The van der Waals surface area contributed by atoms with Crippen LogP contribution >= 0.6 is 11.3 Å². The lowest BCUT2D eigenvalue weighted by Gasteiger charge is -2.35. The lowest BCUT2D eigenvalue weighted by molar-refractivity contribution is -0.133. The molecule has 9 heteroatoms. The molecule has 1 amide bonds. The molecule has 1 aromatic carbocycles. The quantitative estimate of drug-likeness (QED) is 0.728. The normalized spacial score (nSPS) is 16.0. The maximum Gasteiger partial charge on any atom is 0.252 e. The van der Waals surface area contributed by atoms with Gasteiger partial charge in [-0.15, -0.1) is 11.3 Å². The van der Waals surface area contributed by atoms with E-state index in [2.05, 4.69) is 4.90 Å². The molecule has 6 nitrogen and oxygen atoms in total. The molecule has 1 aliphatic rings. The summed E-state index contributed by atoms with van der Waals surface area (Å²) in [7, 11) is -2.22. The third kappa shape index (κ3) is 4.73. The number of sulfonamides is 1. The number of hydrogen-bond donors (Lipinski definition) is 0. The van der Waals surface area contributed by atoms with Crippen LogP contribution in [0, 0.1) is 5.82 Å². The van der Waals surface area contributed by atoms with Gasteiger partial charge in [-0.1, -0.05) is 24.3 Å². The van der Waals surface area contributed by atoms with Crippen molar-refractivity contribution in [1.29, 1.82) is 0 Å². The Hall–Kier alpha value is -1.81. The van der Waals surface area contributed by atoms with Crippen molar-refractivity contribution in [2.75, 3.05) is 39.8 Å². The molecule has 0 radical (unpaired) electrons. The number of hydrogen-bond acceptors (Lipinski definition) is 5. The highest BCUT2D eigenvalue weighted by Gasteiger charge is 2.27. The predicted molar refractivity (Wildman–Crippen MR) is 102 cm³/mol. The summed E-state index contributed by atoms with van der Waals surface area (Å²) in [5.41, 5.74) is 0.638. The minimum atomic E-state index is -3.63. The van der Waals surface area contributed by atoms with Crippen LogP contribution in [0.25, 0.3) is 0 Å². The van der Waals surface area contributed by atoms with Crippen LogP contribution in [0.1, 0.15) is 5.56 Å². The molecule has 0 bridgehead atoms. The van der Waals surface area contributed by atoms with Gasteiger partial charge >= 0.3 is 0 Å². The second-order valence-electron chi connectivity index (χ2n) is 6.44. The highest BCUT2D eigenvalue weighted by atomic mass is 32.2. The van der Waals surface area contributed by atoms with Crippen LogP contribution in [-0.2, 0) is 21.4 Å². The van der Waals surface area contributed by atoms with Gasteiger partial charge in [0.05, 0.1) is 6.54 Å². The number of nitrogens with zero attached hydrogens (tertiary/aromatic N) is 3. The van der Waals surface area contributed by atoms with E-state index in [1.807, 2.05) is 6.07 Å². The highest BCUT2D eigenvalue weighted by Crippen LogP contribution is 2.20. The first-order valence-electron chi connectivity index (χ1n) is 8.61. The zero-order chi connectivity index (χ0) is 19.4. The van der Waals surface area contributed by atoms with E-state index in [1.54, 1.807) is 28.5 Å². The number of carbonyl (C=O) groups is 1. The number of amides is 1. The van der Waals surface area contributed by atoms with Crippen molar-refractivity contribution in [3.63, 3.8) is 0 Å². The average Bonchev–Trinajstić information content (AvgIpc) is 3.19. The fraction of sp³-hybridized carbons (Fsp3) is 0.389. The molecule has 0 atom stereocenters. The molecule has 1 fully saturated rings. The van der Waals surface area contributed by atoms with Crippen LogP contribution in [0.4, 0.5) is 4.39 Å². The fourth-order valence-electron chi connectivity index (χ4n) is 2.96. The summed E-state index contributed by atoms with van der Waals surface area (Å²) in [5.74, 6) is -0.445. The molecule has 2 heterocycles. The van der Waals surface area contributed by atoms with Crippen molar-refractivity contribution in [2.24, 2.45) is 0 Å². The third-order valence-corrected chi connectivity index (χ3v) is 7.77. The van der Waals surface area contributed by atoms with Gasteiger partial charge in [-0.2, -0.15) is 4.31 Å². The standard InChI is InChI=1S/C18H22FN3O3S2/c1-20(27(24,25)18-7-4-12-26-18)14-17(23)22-10-8-21(9-11-22)13-15-5-2-3-6-16(15)19/h2-7,12H,8-11,13-14H2,1H3. The molecule has 0 saturated carbocycles. The van der Waals surface area contributed by atoms with Gasteiger partial charge in [0, 0.05) is 45.3 Å². The number of benzene rings is 1. The molecular formula is C18H22FN3O3S2. The zero-order valence-electron chi connectivity index (χ0n) is 15.0. The zero-order valence-corrected chi connectivity index (χ0v) is 16.7. The van der Waals surface area contributed by atoms with E-state index in [0.29, 0.717) is 38.3 Å². The van der Waals surface area contributed by atoms with Crippen molar-refractivity contribution in [1.82, 2.24) is 14.1 Å². The van der Waals surface area contributed by atoms with Crippen LogP contribution in [0.2, 0.25) is 0 Å². The van der Waals surface area contributed by atoms with Crippen LogP contribution < -0.4 is 0 Å². The van der Waals surface area contributed by atoms with Crippen molar-refractivity contribution < 1.29 is 17.6 Å². The highest BCUT2D eigenvalue weighted by molar-refractivity contribution is 7.91. The van der Waals surface area contributed by atoms with Gasteiger partial charge in [0.1, 0.15) is 10.0 Å². The van der Waals surface area contributed by atoms with Gasteiger partial charge in [0.15, 0.2) is 0 Å².